The Bertz CT molecular complexity index is 984. The fourth-order valence-electron chi connectivity index (χ4n) is 3.27. The Labute approximate surface area is 184 Å². The molecule has 4 rings (SSSR count). The van der Waals surface area contributed by atoms with E-state index in [1.54, 1.807) is 12.1 Å². The highest BCUT2D eigenvalue weighted by atomic mass is 32.2. The maximum atomic E-state index is 13.0. The molecular formula is C22H23FN4O3S. The van der Waals surface area contributed by atoms with Crippen LogP contribution in [0.15, 0.2) is 64.2 Å². The van der Waals surface area contributed by atoms with E-state index in [2.05, 4.69) is 32.5 Å². The molecule has 1 unspecified atom stereocenters. The minimum atomic E-state index is -0.334. The largest absolute Gasteiger partial charge is 0.411 e. The Morgan fingerprint density at radius 1 is 1.16 bits per heavy atom. The van der Waals surface area contributed by atoms with Crippen molar-refractivity contribution in [2.24, 2.45) is 0 Å². The van der Waals surface area contributed by atoms with E-state index in [0.29, 0.717) is 18.7 Å². The number of nitrogens with one attached hydrogen (secondary N) is 1. The molecule has 2 aromatic carbocycles. The molecule has 1 aliphatic rings. The number of hydrogen-bond acceptors (Lipinski definition) is 7. The first kappa shape index (κ1) is 21.5. The van der Waals surface area contributed by atoms with Crippen LogP contribution in [0.2, 0.25) is 0 Å². The van der Waals surface area contributed by atoms with Gasteiger partial charge < -0.3 is 14.5 Å². The standard InChI is InChI=1S/C22H23FN4O3S/c23-18-8-6-17(7-9-18)21-25-26-22(30-21)31-15-20(28)24-12-19-14-27(10-11-29-19)13-16-4-2-1-3-5-16/h1-9,19H,10-15H2,(H,24,28). The summed E-state index contributed by atoms with van der Waals surface area (Å²) in [6.45, 7) is 3.62. The first-order valence-electron chi connectivity index (χ1n) is 10.0. The molecule has 9 heteroatoms. The lowest BCUT2D eigenvalue weighted by atomic mass is 10.2. The number of ether oxygens (including phenoxy) is 1. The summed E-state index contributed by atoms with van der Waals surface area (Å²) in [5, 5.41) is 11.1. The summed E-state index contributed by atoms with van der Waals surface area (Å²) in [5.41, 5.74) is 1.89. The first-order valence-corrected chi connectivity index (χ1v) is 11.0. The van der Waals surface area contributed by atoms with Crippen LogP contribution in [0.3, 0.4) is 0 Å². The molecular weight excluding hydrogens is 419 g/mol. The van der Waals surface area contributed by atoms with Gasteiger partial charge in [-0.25, -0.2) is 4.39 Å². The summed E-state index contributed by atoms with van der Waals surface area (Å²) in [5.74, 6) is -0.0158. The van der Waals surface area contributed by atoms with Crippen molar-refractivity contribution in [3.05, 3.63) is 66.0 Å². The molecule has 7 nitrogen and oxygen atoms in total. The van der Waals surface area contributed by atoms with Gasteiger partial charge in [0, 0.05) is 31.7 Å². The number of nitrogens with zero attached hydrogens (tertiary/aromatic N) is 3. The number of hydrogen-bond donors (Lipinski definition) is 1. The molecule has 0 saturated carbocycles. The second kappa shape index (κ2) is 10.5. The minimum absolute atomic E-state index is 0.0418. The summed E-state index contributed by atoms with van der Waals surface area (Å²) >= 11 is 1.16. The van der Waals surface area contributed by atoms with Gasteiger partial charge in [0.25, 0.3) is 5.22 Å². The van der Waals surface area contributed by atoms with Crippen LogP contribution in [-0.2, 0) is 16.1 Å². The highest BCUT2D eigenvalue weighted by molar-refractivity contribution is 7.99. The number of benzene rings is 2. The number of amides is 1. The second-order valence-corrected chi connectivity index (χ2v) is 8.11. The van der Waals surface area contributed by atoms with Crippen LogP contribution in [0.25, 0.3) is 11.5 Å². The molecule has 2 heterocycles. The van der Waals surface area contributed by atoms with E-state index < -0.39 is 0 Å². The molecule has 162 valence electrons. The summed E-state index contributed by atoms with van der Waals surface area (Å²) in [7, 11) is 0. The number of aromatic nitrogens is 2. The Balaban J connectivity index is 1.19. The van der Waals surface area contributed by atoms with Crippen LogP contribution in [0.1, 0.15) is 5.56 Å². The Kier molecular flexibility index (Phi) is 7.29. The average molecular weight is 443 g/mol. The van der Waals surface area contributed by atoms with Gasteiger partial charge in [-0.2, -0.15) is 0 Å². The van der Waals surface area contributed by atoms with Gasteiger partial charge in [-0.3, -0.25) is 9.69 Å². The molecule has 1 atom stereocenters. The smallest absolute Gasteiger partial charge is 0.277 e. The van der Waals surface area contributed by atoms with Crippen molar-refractivity contribution >= 4 is 17.7 Å². The van der Waals surface area contributed by atoms with Gasteiger partial charge in [0.2, 0.25) is 11.8 Å². The predicted octanol–water partition coefficient (Wildman–Crippen LogP) is 2.99. The summed E-state index contributed by atoms with van der Waals surface area (Å²) in [6, 6.07) is 16.1. The monoisotopic (exact) mass is 442 g/mol. The number of carbonyl (C=O) groups excluding carboxylic acids is 1. The van der Waals surface area contributed by atoms with Crippen LogP contribution in [0.5, 0.6) is 0 Å². The summed E-state index contributed by atoms with van der Waals surface area (Å²) in [4.78, 5) is 14.5. The molecule has 0 radical (unpaired) electrons. The van der Waals surface area contributed by atoms with Crippen LogP contribution < -0.4 is 5.32 Å². The van der Waals surface area contributed by atoms with Gasteiger partial charge in [-0.1, -0.05) is 42.1 Å². The second-order valence-electron chi connectivity index (χ2n) is 7.19. The normalized spacial score (nSPS) is 16.9. The summed E-state index contributed by atoms with van der Waals surface area (Å²) in [6.07, 6.45) is -0.0418. The maximum absolute atomic E-state index is 13.0. The van der Waals surface area contributed by atoms with Crippen molar-refractivity contribution in [3.63, 3.8) is 0 Å². The number of rotatable bonds is 8. The van der Waals surface area contributed by atoms with Gasteiger partial charge in [0.05, 0.1) is 18.5 Å². The molecule has 0 bridgehead atoms. The van der Waals surface area contributed by atoms with Crippen LogP contribution in [-0.4, -0.2) is 59.1 Å². The van der Waals surface area contributed by atoms with E-state index in [0.717, 1.165) is 31.4 Å². The van der Waals surface area contributed by atoms with Crippen molar-refractivity contribution < 1.29 is 18.3 Å². The number of morpholine rings is 1. The molecule has 0 aliphatic carbocycles. The van der Waals surface area contributed by atoms with E-state index >= 15 is 0 Å². The zero-order valence-electron chi connectivity index (χ0n) is 16.9. The third-order valence-corrected chi connectivity index (χ3v) is 5.64. The molecule has 1 N–H and O–H groups in total. The van der Waals surface area contributed by atoms with Crippen molar-refractivity contribution in [3.8, 4) is 11.5 Å². The SMILES string of the molecule is O=C(CSc1nnc(-c2ccc(F)cc2)o1)NCC1CN(Cc2ccccc2)CCO1. The van der Waals surface area contributed by atoms with Gasteiger partial charge >= 0.3 is 0 Å². The van der Waals surface area contributed by atoms with Crippen LogP contribution >= 0.6 is 11.8 Å². The lowest BCUT2D eigenvalue weighted by Gasteiger charge is -2.33. The van der Waals surface area contributed by atoms with Gasteiger partial charge in [-0.05, 0) is 29.8 Å². The number of thioether (sulfide) groups is 1. The van der Waals surface area contributed by atoms with Crippen molar-refractivity contribution in [1.29, 1.82) is 0 Å². The average Bonchev–Trinajstić information content (AvgIpc) is 3.27. The molecule has 31 heavy (non-hydrogen) atoms. The molecule has 1 amide bonds. The lowest BCUT2D eigenvalue weighted by molar-refractivity contribution is -0.119. The molecule has 0 spiro atoms. The molecule has 1 aliphatic heterocycles. The predicted molar refractivity (Wildman–Crippen MR) is 115 cm³/mol. The summed E-state index contributed by atoms with van der Waals surface area (Å²) < 4.78 is 24.3. The molecule has 1 saturated heterocycles. The number of halogens is 1. The third-order valence-electron chi connectivity index (χ3n) is 4.82. The van der Waals surface area contributed by atoms with Gasteiger partial charge in [-0.15, -0.1) is 10.2 Å². The lowest BCUT2D eigenvalue weighted by Crippen LogP contribution is -2.47. The van der Waals surface area contributed by atoms with Gasteiger partial charge in [0.1, 0.15) is 5.82 Å². The van der Waals surface area contributed by atoms with E-state index in [1.165, 1.54) is 17.7 Å². The molecule has 1 fully saturated rings. The van der Waals surface area contributed by atoms with E-state index in [4.69, 9.17) is 9.15 Å². The molecule has 3 aromatic rings. The van der Waals surface area contributed by atoms with Crippen molar-refractivity contribution in [2.75, 3.05) is 32.0 Å². The Hall–Kier alpha value is -2.75. The Morgan fingerprint density at radius 3 is 2.77 bits per heavy atom. The van der Waals surface area contributed by atoms with Crippen molar-refractivity contribution in [2.45, 2.75) is 17.9 Å². The maximum Gasteiger partial charge on any atom is 0.277 e. The van der Waals surface area contributed by atoms with E-state index in [1.807, 2.05) is 18.2 Å². The topological polar surface area (TPSA) is 80.5 Å². The zero-order chi connectivity index (χ0) is 21.5. The first-order chi connectivity index (χ1) is 15.2. The fourth-order valence-corrected chi connectivity index (χ4v) is 3.87. The fraction of sp³-hybridized carbons (Fsp3) is 0.318. The van der Waals surface area contributed by atoms with Crippen molar-refractivity contribution in [1.82, 2.24) is 20.4 Å². The van der Waals surface area contributed by atoms with E-state index in [9.17, 15) is 9.18 Å². The Morgan fingerprint density at radius 2 is 1.97 bits per heavy atom. The number of carbonyl (C=O) groups is 1. The third kappa shape index (κ3) is 6.36. The quantitative estimate of drug-likeness (QED) is 0.537. The van der Waals surface area contributed by atoms with Gasteiger partial charge in [0.15, 0.2) is 0 Å². The van der Waals surface area contributed by atoms with Crippen LogP contribution in [0.4, 0.5) is 4.39 Å². The van der Waals surface area contributed by atoms with Crippen LogP contribution in [0, 0.1) is 5.82 Å². The van der Waals surface area contributed by atoms with E-state index in [-0.39, 0.29) is 34.7 Å². The highest BCUT2D eigenvalue weighted by Gasteiger charge is 2.21. The minimum Gasteiger partial charge on any atom is -0.411 e. The zero-order valence-corrected chi connectivity index (χ0v) is 17.7. The highest BCUT2D eigenvalue weighted by Crippen LogP contribution is 2.23. The molecule has 1 aromatic heterocycles.